The van der Waals surface area contributed by atoms with Crippen molar-refractivity contribution in [1.29, 1.82) is 0 Å². The third kappa shape index (κ3) is 3.98. The van der Waals surface area contributed by atoms with Crippen LogP contribution in [0.3, 0.4) is 0 Å². The lowest BCUT2D eigenvalue weighted by atomic mass is 9.95. The average Bonchev–Trinajstić information content (AvgIpc) is 2.48. The summed E-state index contributed by atoms with van der Waals surface area (Å²) in [7, 11) is 0. The van der Waals surface area contributed by atoms with Gasteiger partial charge in [0.2, 0.25) is 0 Å². The molecule has 1 N–H and O–H groups in total. The number of alkyl halides is 1. The SMILES string of the molecule is C#CCOc1c(F)cc(C(=O)N[C@@H]2CCCC[C@H]2Br)cc1F. The molecule has 2 rings (SSSR count). The standard InChI is InChI=1S/C16H16BrF2NO2/c1-2-7-22-15-12(18)8-10(9-13(15)19)16(21)20-14-6-4-3-5-11(14)17/h1,8-9,11,14H,3-7H2,(H,20,21)/t11-,14-/m1/s1. The number of carbonyl (C=O) groups excluding carboxylic acids is 1. The van der Waals surface area contributed by atoms with Crippen molar-refractivity contribution in [3.63, 3.8) is 0 Å². The quantitative estimate of drug-likeness (QED) is 0.650. The minimum atomic E-state index is -0.945. The fraction of sp³-hybridized carbons (Fsp3) is 0.438. The summed E-state index contributed by atoms with van der Waals surface area (Å²) in [6.07, 6.45) is 8.92. The summed E-state index contributed by atoms with van der Waals surface area (Å²) in [6.45, 7) is -0.243. The smallest absolute Gasteiger partial charge is 0.251 e. The van der Waals surface area contributed by atoms with E-state index in [-0.39, 0.29) is 23.0 Å². The molecule has 2 atom stereocenters. The Morgan fingerprint density at radius 2 is 2.00 bits per heavy atom. The molecule has 0 aromatic heterocycles. The zero-order valence-electron chi connectivity index (χ0n) is 11.9. The molecule has 1 aromatic carbocycles. The van der Waals surface area contributed by atoms with E-state index in [0.29, 0.717) is 0 Å². The van der Waals surface area contributed by atoms with Gasteiger partial charge in [0.25, 0.3) is 5.91 Å². The molecular weight excluding hydrogens is 356 g/mol. The Balaban J connectivity index is 2.11. The Kier molecular flexibility index (Phi) is 5.78. The van der Waals surface area contributed by atoms with E-state index in [0.717, 1.165) is 37.8 Å². The van der Waals surface area contributed by atoms with Gasteiger partial charge in [-0.15, -0.1) is 6.42 Å². The number of rotatable bonds is 4. The summed E-state index contributed by atoms with van der Waals surface area (Å²) in [6, 6.07) is 1.87. The topological polar surface area (TPSA) is 38.3 Å². The van der Waals surface area contributed by atoms with E-state index in [1.165, 1.54) is 0 Å². The zero-order chi connectivity index (χ0) is 16.1. The Labute approximate surface area is 136 Å². The van der Waals surface area contributed by atoms with Gasteiger partial charge in [0.15, 0.2) is 17.4 Å². The van der Waals surface area contributed by atoms with Crippen molar-refractivity contribution in [3.8, 4) is 18.1 Å². The maximum Gasteiger partial charge on any atom is 0.251 e. The predicted molar refractivity (Wildman–Crippen MR) is 83.1 cm³/mol. The number of ether oxygens (including phenoxy) is 1. The maximum atomic E-state index is 13.8. The van der Waals surface area contributed by atoms with Gasteiger partial charge in [-0.25, -0.2) is 8.78 Å². The van der Waals surface area contributed by atoms with Crippen LogP contribution in [0.15, 0.2) is 12.1 Å². The lowest BCUT2D eigenvalue weighted by Gasteiger charge is -2.28. The summed E-state index contributed by atoms with van der Waals surface area (Å²) in [5.74, 6) is -0.829. The van der Waals surface area contributed by atoms with E-state index in [1.54, 1.807) is 0 Å². The normalized spacial score (nSPS) is 21.0. The summed E-state index contributed by atoms with van der Waals surface area (Å²) in [5, 5.41) is 2.81. The van der Waals surface area contributed by atoms with E-state index in [2.05, 4.69) is 27.2 Å². The van der Waals surface area contributed by atoms with Crippen LogP contribution in [0.2, 0.25) is 0 Å². The van der Waals surface area contributed by atoms with Crippen LogP contribution in [0.4, 0.5) is 8.78 Å². The second kappa shape index (κ2) is 7.59. The fourth-order valence-electron chi connectivity index (χ4n) is 2.44. The molecule has 118 valence electrons. The van der Waals surface area contributed by atoms with Gasteiger partial charge in [-0.1, -0.05) is 34.7 Å². The lowest BCUT2D eigenvalue weighted by Crippen LogP contribution is -2.42. The van der Waals surface area contributed by atoms with Crippen molar-refractivity contribution in [2.75, 3.05) is 6.61 Å². The van der Waals surface area contributed by atoms with Crippen molar-refractivity contribution in [2.45, 2.75) is 36.6 Å². The first-order chi connectivity index (χ1) is 10.5. The Bertz CT molecular complexity index is 577. The van der Waals surface area contributed by atoms with Crippen LogP contribution in [-0.2, 0) is 0 Å². The van der Waals surface area contributed by atoms with Crippen molar-refractivity contribution >= 4 is 21.8 Å². The largest absolute Gasteiger partial charge is 0.475 e. The molecule has 1 aliphatic carbocycles. The van der Waals surface area contributed by atoms with E-state index in [1.807, 2.05) is 0 Å². The minimum Gasteiger partial charge on any atom is -0.475 e. The molecule has 6 heteroatoms. The second-order valence-electron chi connectivity index (χ2n) is 5.14. The van der Waals surface area contributed by atoms with Crippen molar-refractivity contribution in [2.24, 2.45) is 0 Å². The highest BCUT2D eigenvalue weighted by molar-refractivity contribution is 9.09. The number of nitrogens with one attached hydrogen (secondary N) is 1. The molecule has 0 unspecified atom stereocenters. The lowest BCUT2D eigenvalue weighted by molar-refractivity contribution is 0.0928. The second-order valence-corrected chi connectivity index (χ2v) is 6.32. The molecule has 0 bridgehead atoms. The van der Waals surface area contributed by atoms with E-state index < -0.39 is 23.3 Å². The van der Waals surface area contributed by atoms with Gasteiger partial charge in [0.05, 0.1) is 0 Å². The molecule has 1 aromatic rings. The molecule has 0 aliphatic heterocycles. The van der Waals surface area contributed by atoms with Crippen LogP contribution < -0.4 is 10.1 Å². The first-order valence-electron chi connectivity index (χ1n) is 7.03. The Morgan fingerprint density at radius 3 is 2.59 bits per heavy atom. The monoisotopic (exact) mass is 371 g/mol. The van der Waals surface area contributed by atoms with Gasteiger partial charge in [0.1, 0.15) is 6.61 Å². The third-order valence-corrected chi connectivity index (χ3v) is 4.65. The highest BCUT2D eigenvalue weighted by Crippen LogP contribution is 2.26. The molecule has 0 saturated heterocycles. The summed E-state index contributed by atoms with van der Waals surface area (Å²) >= 11 is 3.52. The van der Waals surface area contributed by atoms with Gasteiger partial charge in [-0.05, 0) is 25.0 Å². The first kappa shape index (κ1) is 16.8. The van der Waals surface area contributed by atoms with Crippen LogP contribution >= 0.6 is 15.9 Å². The Morgan fingerprint density at radius 1 is 1.36 bits per heavy atom. The molecular formula is C16H16BrF2NO2. The van der Waals surface area contributed by atoms with E-state index in [9.17, 15) is 13.6 Å². The summed E-state index contributed by atoms with van der Waals surface area (Å²) < 4.78 is 32.4. The molecule has 22 heavy (non-hydrogen) atoms. The predicted octanol–water partition coefficient (Wildman–Crippen LogP) is 3.41. The molecule has 1 fully saturated rings. The van der Waals surface area contributed by atoms with Crippen molar-refractivity contribution in [3.05, 3.63) is 29.3 Å². The number of terminal acetylenes is 1. The average molecular weight is 372 g/mol. The fourth-order valence-corrected chi connectivity index (χ4v) is 3.16. The summed E-state index contributed by atoms with van der Waals surface area (Å²) in [5.41, 5.74) is -0.0756. The third-order valence-electron chi connectivity index (χ3n) is 3.56. The number of carbonyl (C=O) groups is 1. The van der Waals surface area contributed by atoms with E-state index in [4.69, 9.17) is 11.2 Å². The van der Waals surface area contributed by atoms with Crippen LogP contribution in [0.1, 0.15) is 36.0 Å². The molecule has 0 heterocycles. The molecule has 1 amide bonds. The van der Waals surface area contributed by atoms with Gasteiger partial charge in [-0.2, -0.15) is 0 Å². The zero-order valence-corrected chi connectivity index (χ0v) is 13.5. The summed E-state index contributed by atoms with van der Waals surface area (Å²) in [4.78, 5) is 12.3. The molecule has 1 aliphatic rings. The highest BCUT2D eigenvalue weighted by atomic mass is 79.9. The van der Waals surface area contributed by atoms with Crippen LogP contribution in [0, 0.1) is 24.0 Å². The van der Waals surface area contributed by atoms with Gasteiger partial charge in [-0.3, -0.25) is 4.79 Å². The molecule has 1 saturated carbocycles. The first-order valence-corrected chi connectivity index (χ1v) is 7.94. The van der Waals surface area contributed by atoms with Gasteiger partial charge in [0, 0.05) is 16.4 Å². The Hall–Kier alpha value is -1.61. The van der Waals surface area contributed by atoms with Crippen LogP contribution in [0.25, 0.3) is 0 Å². The van der Waals surface area contributed by atoms with Crippen molar-refractivity contribution < 1.29 is 18.3 Å². The van der Waals surface area contributed by atoms with Crippen LogP contribution in [0.5, 0.6) is 5.75 Å². The van der Waals surface area contributed by atoms with Gasteiger partial charge < -0.3 is 10.1 Å². The molecule has 3 nitrogen and oxygen atoms in total. The van der Waals surface area contributed by atoms with Gasteiger partial charge >= 0.3 is 0 Å². The highest BCUT2D eigenvalue weighted by Gasteiger charge is 2.25. The number of hydrogen-bond acceptors (Lipinski definition) is 2. The van der Waals surface area contributed by atoms with Crippen molar-refractivity contribution in [1.82, 2.24) is 5.32 Å². The number of hydrogen-bond donors (Lipinski definition) is 1. The number of halogens is 3. The number of benzene rings is 1. The number of amides is 1. The van der Waals surface area contributed by atoms with Crippen LogP contribution in [-0.4, -0.2) is 23.4 Å². The minimum absolute atomic E-state index is 0.0373. The van der Waals surface area contributed by atoms with E-state index >= 15 is 0 Å². The molecule has 0 radical (unpaired) electrons. The maximum absolute atomic E-state index is 13.8. The molecule has 0 spiro atoms.